The Bertz CT molecular complexity index is 675. The molecule has 1 aromatic carbocycles. The van der Waals surface area contributed by atoms with Crippen molar-refractivity contribution in [3.8, 4) is 6.07 Å². The van der Waals surface area contributed by atoms with Crippen molar-refractivity contribution in [1.29, 1.82) is 5.26 Å². The first kappa shape index (κ1) is 12.8. The number of allylic oxidation sites excluding steroid dienone is 1. The van der Waals surface area contributed by atoms with Crippen molar-refractivity contribution < 1.29 is 4.79 Å². The molecular formula is C15H13N3O. The smallest absolute Gasteiger partial charge is 0.266 e. The maximum Gasteiger partial charge on any atom is 0.289 e. The minimum atomic E-state index is -0.406. The predicted octanol–water partition coefficient (Wildman–Crippen LogP) is 2.75. The molecule has 19 heavy (non-hydrogen) atoms. The third-order valence-corrected chi connectivity index (χ3v) is 2.66. The van der Waals surface area contributed by atoms with Crippen molar-refractivity contribution in [3.63, 3.8) is 0 Å². The zero-order chi connectivity index (χ0) is 13.8. The number of benzene rings is 1. The van der Waals surface area contributed by atoms with Crippen LogP contribution >= 0.6 is 0 Å². The number of nitriles is 1. The minimum absolute atomic E-state index is 0.0670. The van der Waals surface area contributed by atoms with E-state index in [1.807, 2.05) is 43.3 Å². The van der Waals surface area contributed by atoms with Gasteiger partial charge >= 0.3 is 0 Å². The van der Waals surface area contributed by atoms with Gasteiger partial charge in [-0.2, -0.15) is 10.4 Å². The van der Waals surface area contributed by atoms with Crippen LogP contribution in [0, 0.1) is 25.2 Å². The van der Waals surface area contributed by atoms with Crippen LogP contribution in [-0.4, -0.2) is 15.7 Å². The Kier molecular flexibility index (Phi) is 3.58. The Morgan fingerprint density at radius 1 is 1.32 bits per heavy atom. The molecule has 2 aromatic rings. The summed E-state index contributed by atoms with van der Waals surface area (Å²) in [6.45, 7) is 3.60. The van der Waals surface area contributed by atoms with Gasteiger partial charge in [0.25, 0.3) is 5.91 Å². The van der Waals surface area contributed by atoms with E-state index in [0.717, 1.165) is 17.0 Å². The van der Waals surface area contributed by atoms with Crippen LogP contribution in [0.2, 0.25) is 0 Å². The standard InChI is InChI=1S/C15H13N3O/c1-11-8-12(2)18(17-11)15(19)14(10-16)9-13-6-4-3-5-7-13/h3-9H,1-2H3/b14-9+. The highest BCUT2D eigenvalue weighted by atomic mass is 16.2. The van der Waals surface area contributed by atoms with Crippen LogP contribution in [0.25, 0.3) is 6.08 Å². The van der Waals surface area contributed by atoms with Crippen molar-refractivity contribution in [2.45, 2.75) is 13.8 Å². The monoisotopic (exact) mass is 251 g/mol. The predicted molar refractivity (Wildman–Crippen MR) is 72.4 cm³/mol. The fraction of sp³-hybridized carbons (Fsp3) is 0.133. The molecule has 0 aliphatic rings. The number of hydrogen-bond acceptors (Lipinski definition) is 3. The molecule has 0 fully saturated rings. The first-order valence-corrected chi connectivity index (χ1v) is 5.86. The summed E-state index contributed by atoms with van der Waals surface area (Å²) >= 11 is 0. The summed E-state index contributed by atoms with van der Waals surface area (Å²) in [5.41, 5.74) is 2.35. The molecule has 0 aliphatic heterocycles. The minimum Gasteiger partial charge on any atom is -0.266 e. The van der Waals surface area contributed by atoms with Gasteiger partial charge in [-0.05, 0) is 31.6 Å². The first-order chi connectivity index (χ1) is 9.11. The molecule has 1 aromatic heterocycles. The van der Waals surface area contributed by atoms with E-state index in [-0.39, 0.29) is 5.57 Å². The van der Waals surface area contributed by atoms with Gasteiger partial charge in [0.15, 0.2) is 0 Å². The van der Waals surface area contributed by atoms with E-state index >= 15 is 0 Å². The zero-order valence-corrected chi connectivity index (χ0v) is 10.8. The van der Waals surface area contributed by atoms with Crippen molar-refractivity contribution in [2.24, 2.45) is 0 Å². The van der Waals surface area contributed by atoms with Crippen molar-refractivity contribution in [3.05, 3.63) is 58.9 Å². The van der Waals surface area contributed by atoms with Crippen LogP contribution in [0.4, 0.5) is 0 Å². The largest absolute Gasteiger partial charge is 0.289 e. The molecule has 4 nitrogen and oxygen atoms in total. The average Bonchev–Trinajstić information content (AvgIpc) is 2.75. The molecular weight excluding hydrogens is 238 g/mol. The summed E-state index contributed by atoms with van der Waals surface area (Å²) in [6, 6.07) is 13.0. The highest BCUT2D eigenvalue weighted by Gasteiger charge is 2.15. The number of hydrogen-bond donors (Lipinski definition) is 0. The molecule has 4 heteroatoms. The SMILES string of the molecule is Cc1cc(C)n(C(=O)/C(C#N)=C/c2ccccc2)n1. The molecule has 0 bridgehead atoms. The third-order valence-electron chi connectivity index (χ3n) is 2.66. The number of nitrogens with zero attached hydrogens (tertiary/aromatic N) is 3. The number of aromatic nitrogens is 2. The van der Waals surface area contributed by atoms with Crippen LogP contribution in [0.5, 0.6) is 0 Å². The second-order valence-corrected chi connectivity index (χ2v) is 4.22. The molecule has 0 unspecified atom stereocenters. The van der Waals surface area contributed by atoms with Gasteiger partial charge in [-0.25, -0.2) is 4.68 Å². The van der Waals surface area contributed by atoms with Crippen molar-refractivity contribution in [2.75, 3.05) is 0 Å². The summed E-state index contributed by atoms with van der Waals surface area (Å²) in [6.07, 6.45) is 1.57. The molecule has 0 atom stereocenters. The Morgan fingerprint density at radius 2 is 2.00 bits per heavy atom. The van der Waals surface area contributed by atoms with E-state index in [1.54, 1.807) is 19.1 Å². The molecule has 0 spiro atoms. The normalized spacial score (nSPS) is 11.1. The van der Waals surface area contributed by atoms with Crippen molar-refractivity contribution in [1.82, 2.24) is 9.78 Å². The quantitative estimate of drug-likeness (QED) is 0.609. The fourth-order valence-corrected chi connectivity index (χ4v) is 1.81. The maximum absolute atomic E-state index is 12.2. The Morgan fingerprint density at radius 3 is 2.53 bits per heavy atom. The lowest BCUT2D eigenvalue weighted by Gasteiger charge is -2.01. The molecule has 0 aliphatic carbocycles. The lowest BCUT2D eigenvalue weighted by Crippen LogP contribution is -2.15. The Hall–Kier alpha value is -2.67. The van der Waals surface area contributed by atoms with Gasteiger partial charge in [-0.1, -0.05) is 30.3 Å². The van der Waals surface area contributed by atoms with Gasteiger partial charge in [0.1, 0.15) is 11.6 Å². The summed E-state index contributed by atoms with van der Waals surface area (Å²) in [5, 5.41) is 13.2. The third kappa shape index (κ3) is 2.78. The van der Waals surface area contributed by atoms with Gasteiger partial charge < -0.3 is 0 Å². The van der Waals surface area contributed by atoms with Crippen LogP contribution in [0.1, 0.15) is 21.7 Å². The molecule has 2 rings (SSSR count). The van der Waals surface area contributed by atoms with Crippen LogP contribution in [-0.2, 0) is 0 Å². The van der Waals surface area contributed by atoms with Crippen LogP contribution < -0.4 is 0 Å². The number of carbonyl (C=O) groups is 1. The van der Waals surface area contributed by atoms with E-state index in [9.17, 15) is 4.79 Å². The number of rotatable bonds is 2. The number of aryl methyl sites for hydroxylation is 2. The summed E-state index contributed by atoms with van der Waals surface area (Å²) in [5.74, 6) is -0.406. The average molecular weight is 251 g/mol. The Labute approximate surface area is 111 Å². The summed E-state index contributed by atoms with van der Waals surface area (Å²) in [7, 11) is 0. The lowest BCUT2D eigenvalue weighted by molar-refractivity contribution is 0.0944. The van der Waals surface area contributed by atoms with Gasteiger partial charge in [-0.15, -0.1) is 0 Å². The number of carbonyl (C=O) groups excluding carboxylic acids is 1. The van der Waals surface area contributed by atoms with Gasteiger partial charge in [0.05, 0.1) is 5.69 Å². The molecule has 0 saturated heterocycles. The topological polar surface area (TPSA) is 58.7 Å². The molecule has 0 radical (unpaired) electrons. The van der Waals surface area contributed by atoms with E-state index in [2.05, 4.69) is 5.10 Å². The summed E-state index contributed by atoms with van der Waals surface area (Å²) < 4.78 is 1.26. The highest BCUT2D eigenvalue weighted by molar-refractivity contribution is 6.03. The Balaban J connectivity index is 2.39. The zero-order valence-electron chi connectivity index (χ0n) is 10.8. The molecule has 94 valence electrons. The molecule has 1 heterocycles. The molecule has 0 N–H and O–H groups in total. The highest BCUT2D eigenvalue weighted by Crippen LogP contribution is 2.10. The van der Waals surface area contributed by atoms with E-state index < -0.39 is 5.91 Å². The first-order valence-electron chi connectivity index (χ1n) is 5.86. The van der Waals surface area contributed by atoms with Gasteiger partial charge in [-0.3, -0.25) is 4.79 Å². The van der Waals surface area contributed by atoms with Gasteiger partial charge in [0.2, 0.25) is 0 Å². The fourth-order valence-electron chi connectivity index (χ4n) is 1.81. The van der Waals surface area contributed by atoms with E-state index in [4.69, 9.17) is 5.26 Å². The summed E-state index contributed by atoms with van der Waals surface area (Å²) in [4.78, 5) is 12.2. The van der Waals surface area contributed by atoms with E-state index in [0.29, 0.717) is 0 Å². The van der Waals surface area contributed by atoms with Crippen LogP contribution in [0.15, 0.2) is 42.0 Å². The molecule has 0 amide bonds. The van der Waals surface area contributed by atoms with Crippen LogP contribution in [0.3, 0.4) is 0 Å². The second-order valence-electron chi connectivity index (χ2n) is 4.22. The van der Waals surface area contributed by atoms with E-state index in [1.165, 1.54) is 4.68 Å². The van der Waals surface area contributed by atoms with Gasteiger partial charge in [0, 0.05) is 5.69 Å². The maximum atomic E-state index is 12.2. The second kappa shape index (κ2) is 5.32. The lowest BCUT2D eigenvalue weighted by atomic mass is 10.1. The van der Waals surface area contributed by atoms with Crippen molar-refractivity contribution >= 4 is 12.0 Å². The molecule has 0 saturated carbocycles.